The van der Waals surface area contributed by atoms with Gasteiger partial charge in [0.25, 0.3) is 0 Å². The van der Waals surface area contributed by atoms with E-state index in [1.807, 2.05) is 17.8 Å². The zero-order valence-corrected chi connectivity index (χ0v) is 9.22. The highest BCUT2D eigenvalue weighted by Crippen LogP contribution is 2.37. The summed E-state index contributed by atoms with van der Waals surface area (Å²) in [7, 11) is 0. The Morgan fingerprint density at radius 2 is 2.33 bits per heavy atom. The molecule has 0 saturated carbocycles. The summed E-state index contributed by atoms with van der Waals surface area (Å²) < 4.78 is 0. The number of nitrogens with two attached hydrogens (primary N) is 1. The molecule has 0 fully saturated rings. The molecule has 1 aliphatic rings. The summed E-state index contributed by atoms with van der Waals surface area (Å²) in [4.78, 5) is 11.9. The van der Waals surface area contributed by atoms with E-state index in [4.69, 9.17) is 5.73 Å². The number of thioether (sulfide) groups is 1. The lowest BCUT2D eigenvalue weighted by atomic mass is 10.1. The number of amides is 1. The van der Waals surface area contributed by atoms with Crippen LogP contribution in [0.1, 0.15) is 18.0 Å². The molecular weight excluding hydrogens is 208 g/mol. The molecule has 1 heterocycles. The fourth-order valence-corrected chi connectivity index (χ4v) is 2.90. The molecular formula is C11H14N2OS. The third-order valence-corrected chi connectivity index (χ3v) is 3.64. The molecule has 1 aliphatic heterocycles. The molecule has 0 aliphatic carbocycles. The highest BCUT2D eigenvalue weighted by atomic mass is 32.2. The van der Waals surface area contributed by atoms with Crippen molar-refractivity contribution in [3.05, 3.63) is 29.8 Å². The van der Waals surface area contributed by atoms with Gasteiger partial charge in [-0.15, -0.1) is 11.8 Å². The monoisotopic (exact) mass is 222 g/mol. The van der Waals surface area contributed by atoms with Crippen molar-refractivity contribution in [2.24, 2.45) is 5.73 Å². The molecule has 1 aromatic carbocycles. The predicted octanol–water partition coefficient (Wildman–Crippen LogP) is 1.30. The molecule has 3 N–H and O–H groups in total. The second kappa shape index (κ2) is 4.68. The minimum Gasteiger partial charge on any atom is -0.370 e. The lowest BCUT2D eigenvalue weighted by Gasteiger charge is -2.11. The number of hydrogen-bond donors (Lipinski definition) is 2. The number of carbonyl (C=O) groups excluding carboxylic acids is 1. The van der Waals surface area contributed by atoms with E-state index in [0.29, 0.717) is 19.0 Å². The Labute approximate surface area is 93.4 Å². The van der Waals surface area contributed by atoms with Crippen LogP contribution < -0.4 is 11.1 Å². The number of nitrogens with one attached hydrogen (secondary N) is 1. The Kier molecular flexibility index (Phi) is 3.28. The lowest BCUT2D eigenvalue weighted by molar-refractivity contribution is -0.117. The van der Waals surface area contributed by atoms with Crippen LogP contribution in [-0.2, 0) is 4.79 Å². The smallest absolute Gasteiger partial charge is 0.218 e. The quantitative estimate of drug-likeness (QED) is 0.807. The number of fused-ring (bicyclic) bond motifs is 1. The van der Waals surface area contributed by atoms with Gasteiger partial charge in [0.2, 0.25) is 5.91 Å². The topological polar surface area (TPSA) is 55.1 Å². The maximum Gasteiger partial charge on any atom is 0.218 e. The van der Waals surface area contributed by atoms with Gasteiger partial charge in [-0.25, -0.2) is 0 Å². The Morgan fingerprint density at radius 3 is 3.13 bits per heavy atom. The average Bonchev–Trinajstić information content (AvgIpc) is 2.62. The van der Waals surface area contributed by atoms with Gasteiger partial charge < -0.3 is 11.1 Å². The summed E-state index contributed by atoms with van der Waals surface area (Å²) in [5.74, 6) is 0.791. The van der Waals surface area contributed by atoms with E-state index in [-0.39, 0.29) is 5.91 Å². The molecule has 4 heteroatoms. The highest BCUT2D eigenvalue weighted by Gasteiger charge is 2.21. The van der Waals surface area contributed by atoms with E-state index < -0.39 is 0 Å². The number of benzene rings is 1. The fraction of sp³-hybridized carbons (Fsp3) is 0.364. The van der Waals surface area contributed by atoms with Crippen LogP contribution in [0.15, 0.2) is 29.2 Å². The van der Waals surface area contributed by atoms with Gasteiger partial charge in [-0.1, -0.05) is 18.2 Å². The summed E-state index contributed by atoms with van der Waals surface area (Å²) in [5.41, 5.74) is 6.43. The first-order valence-corrected chi connectivity index (χ1v) is 5.99. The van der Waals surface area contributed by atoms with Crippen molar-refractivity contribution < 1.29 is 4.79 Å². The molecule has 2 rings (SSSR count). The normalized spacial score (nSPS) is 18.8. The molecule has 1 amide bonds. The van der Waals surface area contributed by atoms with Gasteiger partial charge in [-0.3, -0.25) is 4.79 Å². The maximum absolute atomic E-state index is 10.6. The summed E-state index contributed by atoms with van der Waals surface area (Å²) >= 11 is 1.86. The first-order valence-electron chi connectivity index (χ1n) is 5.01. The second-order valence-electron chi connectivity index (χ2n) is 3.57. The number of primary amides is 1. The maximum atomic E-state index is 10.6. The van der Waals surface area contributed by atoms with Crippen molar-refractivity contribution in [3.8, 4) is 0 Å². The van der Waals surface area contributed by atoms with Crippen LogP contribution in [0.5, 0.6) is 0 Å². The van der Waals surface area contributed by atoms with Crippen molar-refractivity contribution in [1.82, 2.24) is 5.32 Å². The van der Waals surface area contributed by atoms with E-state index in [9.17, 15) is 4.79 Å². The van der Waals surface area contributed by atoms with Crippen LogP contribution in [0.3, 0.4) is 0 Å². The second-order valence-corrected chi connectivity index (χ2v) is 4.63. The van der Waals surface area contributed by atoms with Crippen molar-refractivity contribution >= 4 is 17.7 Å². The third-order valence-electron chi connectivity index (χ3n) is 2.46. The Bertz CT molecular complexity index is 367. The predicted molar refractivity (Wildman–Crippen MR) is 61.7 cm³/mol. The lowest BCUT2D eigenvalue weighted by Crippen LogP contribution is -2.26. The first-order chi connectivity index (χ1) is 7.27. The standard InChI is InChI=1S/C11H14N2OS/c12-11(14)5-6-13-9-7-15-10-4-2-1-3-8(9)10/h1-4,9,13H,5-7H2,(H2,12,14). The van der Waals surface area contributed by atoms with Gasteiger partial charge in [-0.05, 0) is 11.6 Å². The SMILES string of the molecule is NC(=O)CCNC1CSc2ccccc21. The van der Waals surface area contributed by atoms with E-state index in [0.717, 1.165) is 5.75 Å². The van der Waals surface area contributed by atoms with Crippen molar-refractivity contribution in [2.45, 2.75) is 17.4 Å². The van der Waals surface area contributed by atoms with Crippen LogP contribution in [0, 0.1) is 0 Å². The molecule has 0 bridgehead atoms. The minimum absolute atomic E-state index is 0.249. The van der Waals surface area contributed by atoms with E-state index in [1.54, 1.807) is 0 Å². The molecule has 15 heavy (non-hydrogen) atoms. The van der Waals surface area contributed by atoms with Crippen LogP contribution in [0.25, 0.3) is 0 Å². The summed E-state index contributed by atoms with van der Waals surface area (Å²) in [6, 6.07) is 8.74. The van der Waals surface area contributed by atoms with Gasteiger partial charge in [0.1, 0.15) is 0 Å². The summed E-state index contributed by atoms with van der Waals surface area (Å²) in [6.07, 6.45) is 0.406. The molecule has 0 saturated heterocycles. The van der Waals surface area contributed by atoms with Gasteiger partial charge in [-0.2, -0.15) is 0 Å². The van der Waals surface area contributed by atoms with Crippen LogP contribution in [-0.4, -0.2) is 18.2 Å². The molecule has 0 spiro atoms. The Hall–Kier alpha value is -1.00. The van der Waals surface area contributed by atoms with Gasteiger partial charge in [0.05, 0.1) is 0 Å². The van der Waals surface area contributed by atoms with Crippen molar-refractivity contribution in [1.29, 1.82) is 0 Å². The molecule has 1 aromatic rings. The number of rotatable bonds is 4. The van der Waals surface area contributed by atoms with Crippen LogP contribution in [0.2, 0.25) is 0 Å². The first kappa shape index (κ1) is 10.5. The molecule has 1 unspecified atom stereocenters. The number of hydrogen-bond acceptors (Lipinski definition) is 3. The molecule has 0 radical (unpaired) electrons. The Morgan fingerprint density at radius 1 is 1.53 bits per heavy atom. The molecule has 1 atom stereocenters. The molecule has 0 aromatic heterocycles. The highest BCUT2D eigenvalue weighted by molar-refractivity contribution is 7.99. The Balaban J connectivity index is 1.93. The summed E-state index contributed by atoms with van der Waals surface area (Å²) in [5, 5.41) is 3.35. The largest absolute Gasteiger partial charge is 0.370 e. The van der Waals surface area contributed by atoms with Gasteiger partial charge in [0.15, 0.2) is 0 Å². The number of carbonyl (C=O) groups is 1. The fourth-order valence-electron chi connectivity index (χ4n) is 1.70. The van der Waals surface area contributed by atoms with Crippen molar-refractivity contribution in [3.63, 3.8) is 0 Å². The van der Waals surface area contributed by atoms with E-state index >= 15 is 0 Å². The van der Waals surface area contributed by atoms with E-state index in [1.165, 1.54) is 10.5 Å². The molecule has 80 valence electrons. The van der Waals surface area contributed by atoms with Crippen molar-refractivity contribution in [2.75, 3.05) is 12.3 Å². The van der Waals surface area contributed by atoms with E-state index in [2.05, 4.69) is 23.5 Å². The molecule has 3 nitrogen and oxygen atoms in total. The van der Waals surface area contributed by atoms with Crippen LogP contribution >= 0.6 is 11.8 Å². The van der Waals surface area contributed by atoms with Gasteiger partial charge in [0, 0.05) is 29.7 Å². The average molecular weight is 222 g/mol. The zero-order chi connectivity index (χ0) is 10.7. The van der Waals surface area contributed by atoms with Gasteiger partial charge >= 0.3 is 0 Å². The zero-order valence-electron chi connectivity index (χ0n) is 8.40. The third kappa shape index (κ3) is 2.52. The minimum atomic E-state index is -0.249. The van der Waals surface area contributed by atoms with Crippen LogP contribution in [0.4, 0.5) is 0 Å². The summed E-state index contributed by atoms with van der Waals surface area (Å²) in [6.45, 7) is 0.662.